The molecule has 0 atom stereocenters. The number of carbonyl (C=O) groups is 1. The smallest absolute Gasteiger partial charge is 0.176 e. The molecule has 2 nitrogen and oxygen atoms in total. The van der Waals surface area contributed by atoms with Crippen LogP contribution in [0.2, 0.25) is 10.0 Å². The second-order valence-corrected chi connectivity index (χ2v) is 4.60. The summed E-state index contributed by atoms with van der Waals surface area (Å²) in [5, 5.41) is 0.894. The second kappa shape index (κ2) is 6.24. The molecule has 0 aliphatic rings. The van der Waals surface area contributed by atoms with Crippen LogP contribution in [0.15, 0.2) is 18.2 Å². The van der Waals surface area contributed by atoms with Crippen LogP contribution in [0.25, 0.3) is 0 Å². The molecule has 0 aliphatic heterocycles. The molecule has 0 aliphatic carbocycles. The lowest BCUT2D eigenvalue weighted by Gasteiger charge is -2.14. The van der Waals surface area contributed by atoms with Crippen LogP contribution in [0.3, 0.4) is 0 Å². The summed E-state index contributed by atoms with van der Waals surface area (Å²) < 4.78 is 0. The Hall–Kier alpha value is -0.570. The highest BCUT2D eigenvalue weighted by Crippen LogP contribution is 2.22. The predicted octanol–water partition coefficient (Wildman–Crippen LogP) is 3.52. The highest BCUT2D eigenvalue weighted by Gasteiger charge is 2.10. The fraction of sp³-hybridized carbons (Fsp3) is 0.417. The van der Waals surface area contributed by atoms with Crippen molar-refractivity contribution in [2.24, 2.45) is 0 Å². The van der Waals surface area contributed by atoms with Crippen LogP contribution in [-0.4, -0.2) is 30.8 Å². The number of Topliss-reactive ketones (excluding diaryl/α,β-unsaturated/α-hetero) is 1. The Kier molecular flexibility index (Phi) is 5.26. The van der Waals surface area contributed by atoms with Gasteiger partial charge >= 0.3 is 0 Å². The first-order chi connectivity index (χ1) is 7.54. The number of nitrogens with zero attached hydrogens (tertiary/aromatic N) is 1. The third-order valence-electron chi connectivity index (χ3n) is 2.26. The van der Waals surface area contributed by atoms with Gasteiger partial charge in [-0.1, -0.05) is 30.1 Å². The van der Waals surface area contributed by atoms with Crippen molar-refractivity contribution in [1.82, 2.24) is 4.90 Å². The second-order valence-electron chi connectivity index (χ2n) is 3.79. The van der Waals surface area contributed by atoms with Gasteiger partial charge in [-0.15, -0.1) is 0 Å². The number of halogens is 2. The van der Waals surface area contributed by atoms with Crippen LogP contribution < -0.4 is 0 Å². The van der Waals surface area contributed by atoms with Gasteiger partial charge in [0.15, 0.2) is 5.78 Å². The average molecular weight is 260 g/mol. The molecule has 16 heavy (non-hydrogen) atoms. The van der Waals surface area contributed by atoms with E-state index in [9.17, 15) is 4.79 Å². The number of carbonyl (C=O) groups excluding carboxylic acids is 1. The van der Waals surface area contributed by atoms with E-state index >= 15 is 0 Å². The number of hydrogen-bond acceptors (Lipinski definition) is 2. The average Bonchev–Trinajstić information content (AvgIpc) is 2.22. The summed E-state index contributed by atoms with van der Waals surface area (Å²) >= 11 is 11.6. The van der Waals surface area contributed by atoms with E-state index in [0.29, 0.717) is 22.2 Å². The zero-order chi connectivity index (χ0) is 12.1. The van der Waals surface area contributed by atoms with E-state index in [4.69, 9.17) is 23.2 Å². The van der Waals surface area contributed by atoms with E-state index < -0.39 is 0 Å². The van der Waals surface area contributed by atoms with Crippen molar-refractivity contribution < 1.29 is 4.79 Å². The van der Waals surface area contributed by atoms with E-state index in [-0.39, 0.29) is 5.78 Å². The first-order valence-electron chi connectivity index (χ1n) is 5.21. The van der Waals surface area contributed by atoms with Crippen LogP contribution in [0, 0.1) is 0 Å². The highest BCUT2D eigenvalue weighted by atomic mass is 35.5. The minimum Gasteiger partial charge on any atom is -0.299 e. The third-order valence-corrected chi connectivity index (χ3v) is 3.00. The number of rotatable bonds is 5. The molecule has 4 heteroatoms. The predicted molar refractivity (Wildman–Crippen MR) is 68.6 cm³/mol. The van der Waals surface area contributed by atoms with Gasteiger partial charge in [0.25, 0.3) is 0 Å². The Balaban J connectivity index is 2.69. The maximum atomic E-state index is 11.9. The molecule has 0 unspecified atom stereocenters. The minimum absolute atomic E-state index is 0.0644. The summed E-state index contributed by atoms with van der Waals surface area (Å²) in [5.74, 6) is 0.0644. The van der Waals surface area contributed by atoms with Crippen molar-refractivity contribution >= 4 is 29.0 Å². The zero-order valence-corrected chi connectivity index (χ0v) is 11.0. The summed E-state index contributed by atoms with van der Waals surface area (Å²) in [7, 11) is 1.93. The van der Waals surface area contributed by atoms with Crippen LogP contribution in [0.1, 0.15) is 23.7 Å². The van der Waals surface area contributed by atoms with Gasteiger partial charge in [0, 0.05) is 5.56 Å². The van der Waals surface area contributed by atoms with Crippen LogP contribution in [-0.2, 0) is 0 Å². The van der Waals surface area contributed by atoms with E-state index in [1.54, 1.807) is 18.2 Å². The molecule has 1 aromatic rings. The minimum atomic E-state index is 0.0644. The van der Waals surface area contributed by atoms with Crippen molar-refractivity contribution in [3.05, 3.63) is 33.8 Å². The van der Waals surface area contributed by atoms with Crippen LogP contribution in [0.4, 0.5) is 0 Å². The standard InChI is InChI=1S/C12H15Cl2NO/c1-3-6-15(2)8-12(16)9-4-5-10(13)11(14)7-9/h4-5,7H,3,6,8H2,1-2H3. The van der Waals surface area contributed by atoms with Crippen molar-refractivity contribution in [3.8, 4) is 0 Å². The molecule has 1 aromatic carbocycles. The summed E-state index contributed by atoms with van der Waals surface area (Å²) in [6.07, 6.45) is 1.03. The number of hydrogen-bond donors (Lipinski definition) is 0. The molecule has 88 valence electrons. The van der Waals surface area contributed by atoms with Gasteiger partial charge in [0.1, 0.15) is 0 Å². The van der Waals surface area contributed by atoms with Crippen LogP contribution in [0.5, 0.6) is 0 Å². The van der Waals surface area contributed by atoms with E-state index in [2.05, 4.69) is 6.92 Å². The van der Waals surface area contributed by atoms with Gasteiger partial charge in [-0.05, 0) is 38.2 Å². The number of ketones is 1. The summed E-state index contributed by atoms with van der Waals surface area (Å²) in [4.78, 5) is 13.8. The van der Waals surface area contributed by atoms with Gasteiger partial charge in [0.2, 0.25) is 0 Å². The van der Waals surface area contributed by atoms with Gasteiger partial charge in [-0.25, -0.2) is 0 Å². The molecule has 0 aromatic heterocycles. The van der Waals surface area contributed by atoms with Gasteiger partial charge in [-0.3, -0.25) is 9.69 Å². The quantitative estimate of drug-likeness (QED) is 0.755. The fourth-order valence-corrected chi connectivity index (χ4v) is 1.76. The normalized spacial score (nSPS) is 10.8. The lowest BCUT2D eigenvalue weighted by molar-refractivity contribution is 0.0946. The number of benzene rings is 1. The molecule has 0 bridgehead atoms. The molecule has 0 heterocycles. The lowest BCUT2D eigenvalue weighted by Crippen LogP contribution is -2.26. The van der Waals surface area contributed by atoms with Crippen molar-refractivity contribution in [1.29, 1.82) is 0 Å². The maximum Gasteiger partial charge on any atom is 0.176 e. The van der Waals surface area contributed by atoms with Crippen LogP contribution >= 0.6 is 23.2 Å². The van der Waals surface area contributed by atoms with Crippen molar-refractivity contribution in [3.63, 3.8) is 0 Å². The molecule has 0 saturated carbocycles. The molecule has 0 amide bonds. The largest absolute Gasteiger partial charge is 0.299 e. The summed E-state index contributed by atoms with van der Waals surface area (Å²) in [6.45, 7) is 3.40. The lowest BCUT2D eigenvalue weighted by atomic mass is 10.1. The van der Waals surface area contributed by atoms with E-state index in [1.807, 2.05) is 11.9 Å². The maximum absolute atomic E-state index is 11.9. The molecule has 1 rings (SSSR count). The van der Waals surface area contributed by atoms with Gasteiger partial charge in [-0.2, -0.15) is 0 Å². The molecule has 0 radical (unpaired) electrons. The number of likely N-dealkylation sites (N-methyl/N-ethyl adjacent to an activating group) is 1. The molecule has 0 saturated heterocycles. The summed E-state index contributed by atoms with van der Waals surface area (Å²) in [5.41, 5.74) is 0.609. The Morgan fingerprint density at radius 3 is 2.56 bits per heavy atom. The van der Waals surface area contributed by atoms with Crippen molar-refractivity contribution in [2.75, 3.05) is 20.1 Å². The molecule has 0 fully saturated rings. The molecule has 0 N–H and O–H groups in total. The summed E-state index contributed by atoms with van der Waals surface area (Å²) in [6, 6.07) is 4.97. The van der Waals surface area contributed by atoms with Crippen molar-refractivity contribution in [2.45, 2.75) is 13.3 Å². The Bertz CT molecular complexity index is 379. The molecule has 0 spiro atoms. The Morgan fingerprint density at radius 1 is 1.31 bits per heavy atom. The topological polar surface area (TPSA) is 20.3 Å². The Morgan fingerprint density at radius 2 is 2.00 bits per heavy atom. The van der Waals surface area contributed by atoms with E-state index in [1.165, 1.54) is 0 Å². The SMILES string of the molecule is CCCN(C)CC(=O)c1ccc(Cl)c(Cl)c1. The van der Waals surface area contributed by atoms with E-state index in [0.717, 1.165) is 13.0 Å². The first kappa shape index (κ1) is 13.5. The van der Waals surface area contributed by atoms with Gasteiger partial charge in [0.05, 0.1) is 16.6 Å². The first-order valence-corrected chi connectivity index (χ1v) is 5.97. The highest BCUT2D eigenvalue weighted by molar-refractivity contribution is 6.42. The Labute approximate surface area is 106 Å². The fourth-order valence-electron chi connectivity index (χ4n) is 1.47. The van der Waals surface area contributed by atoms with Gasteiger partial charge < -0.3 is 0 Å². The molecular formula is C12H15Cl2NO. The monoisotopic (exact) mass is 259 g/mol. The zero-order valence-electron chi connectivity index (χ0n) is 9.46. The molecular weight excluding hydrogens is 245 g/mol. The third kappa shape index (κ3) is 3.78.